The number of amides is 2. The number of nitrogens with two attached hydrogens (primary N) is 1. The minimum atomic E-state index is -0.741. The predicted octanol–water partition coefficient (Wildman–Crippen LogP) is 0.387. The fraction of sp³-hybridized carbons (Fsp3) is 0.467. The van der Waals surface area contributed by atoms with Gasteiger partial charge < -0.3 is 20.5 Å². The Labute approximate surface area is 123 Å². The number of methoxy groups -OCH3 is 1. The molecule has 6 nitrogen and oxygen atoms in total. The number of primary amides is 1. The maximum atomic E-state index is 12.0. The van der Waals surface area contributed by atoms with Gasteiger partial charge in [-0.05, 0) is 30.5 Å². The van der Waals surface area contributed by atoms with Gasteiger partial charge in [-0.3, -0.25) is 9.59 Å². The van der Waals surface area contributed by atoms with E-state index in [1.54, 1.807) is 19.2 Å². The highest BCUT2D eigenvalue weighted by Gasteiger charge is 2.27. The zero-order valence-corrected chi connectivity index (χ0v) is 12.0. The molecule has 1 heterocycles. The molecule has 0 unspecified atom stereocenters. The highest BCUT2D eigenvalue weighted by atomic mass is 16.5. The van der Waals surface area contributed by atoms with Crippen molar-refractivity contribution >= 4 is 11.8 Å². The average Bonchev–Trinajstić information content (AvgIpc) is 3.01. The molecule has 0 aliphatic carbocycles. The predicted molar refractivity (Wildman–Crippen MR) is 76.8 cm³/mol. The van der Waals surface area contributed by atoms with Gasteiger partial charge in [0.15, 0.2) is 0 Å². The van der Waals surface area contributed by atoms with E-state index in [0.717, 1.165) is 17.7 Å². The highest BCUT2D eigenvalue weighted by Crippen LogP contribution is 2.14. The van der Waals surface area contributed by atoms with E-state index in [9.17, 15) is 9.59 Å². The Morgan fingerprint density at radius 1 is 1.43 bits per heavy atom. The summed E-state index contributed by atoms with van der Waals surface area (Å²) in [6, 6.07) is 6.54. The van der Waals surface area contributed by atoms with Crippen LogP contribution in [-0.4, -0.2) is 37.7 Å². The third-order valence-electron chi connectivity index (χ3n) is 3.48. The molecule has 6 heteroatoms. The van der Waals surface area contributed by atoms with Crippen molar-refractivity contribution in [2.45, 2.75) is 31.4 Å². The lowest BCUT2D eigenvalue weighted by atomic mass is 10.0. The maximum Gasteiger partial charge on any atom is 0.249 e. The van der Waals surface area contributed by atoms with Crippen LogP contribution in [0, 0.1) is 0 Å². The van der Waals surface area contributed by atoms with Gasteiger partial charge in [0.25, 0.3) is 0 Å². The lowest BCUT2D eigenvalue weighted by molar-refractivity contribution is -0.133. The van der Waals surface area contributed by atoms with Crippen molar-refractivity contribution in [3.05, 3.63) is 29.8 Å². The lowest BCUT2D eigenvalue weighted by Gasteiger charge is -2.18. The zero-order valence-electron chi connectivity index (χ0n) is 12.0. The smallest absolute Gasteiger partial charge is 0.249 e. The standard InChI is InChI=1S/C15H20N2O4/c1-20-11-6-4-10(5-7-11)9-12(14(16)18)17-15(19)13-3-2-8-21-13/h4-7,12-13H,2-3,8-9H2,1H3,(H2,16,18)(H,17,19)/t12-,13+/m0/s1. The summed E-state index contributed by atoms with van der Waals surface area (Å²) in [5, 5.41) is 2.67. The monoisotopic (exact) mass is 292 g/mol. The Balaban J connectivity index is 1.97. The second-order valence-electron chi connectivity index (χ2n) is 5.02. The van der Waals surface area contributed by atoms with Crippen LogP contribution < -0.4 is 15.8 Å². The Morgan fingerprint density at radius 3 is 2.67 bits per heavy atom. The SMILES string of the molecule is COc1ccc(C[C@H](NC(=O)[C@H]2CCCO2)C(N)=O)cc1. The number of carbonyl (C=O) groups excluding carboxylic acids is 2. The van der Waals surface area contributed by atoms with Gasteiger partial charge in [0.1, 0.15) is 17.9 Å². The second-order valence-corrected chi connectivity index (χ2v) is 5.02. The largest absolute Gasteiger partial charge is 0.497 e. The molecular weight excluding hydrogens is 272 g/mol. The number of hydrogen-bond acceptors (Lipinski definition) is 4. The minimum absolute atomic E-state index is 0.273. The first-order valence-corrected chi connectivity index (χ1v) is 6.94. The average molecular weight is 292 g/mol. The molecule has 1 saturated heterocycles. The molecule has 1 fully saturated rings. The van der Waals surface area contributed by atoms with Gasteiger partial charge in [-0.2, -0.15) is 0 Å². The Kier molecular flexibility index (Phi) is 5.16. The fourth-order valence-electron chi connectivity index (χ4n) is 2.27. The summed E-state index contributed by atoms with van der Waals surface area (Å²) in [5.74, 6) is -0.0975. The molecule has 1 aromatic rings. The first-order chi connectivity index (χ1) is 10.1. The normalized spacial score (nSPS) is 19.0. The van der Waals surface area contributed by atoms with Gasteiger partial charge in [0, 0.05) is 13.0 Å². The number of benzene rings is 1. The molecule has 3 N–H and O–H groups in total. The van der Waals surface area contributed by atoms with Crippen LogP contribution >= 0.6 is 0 Å². The Bertz CT molecular complexity index is 495. The summed E-state index contributed by atoms with van der Waals surface area (Å²) in [6.07, 6.45) is 1.41. The Hall–Kier alpha value is -2.08. The molecule has 2 amide bonds. The molecule has 0 radical (unpaired) electrons. The van der Waals surface area contributed by atoms with Crippen LogP contribution in [0.2, 0.25) is 0 Å². The quantitative estimate of drug-likeness (QED) is 0.793. The van der Waals surface area contributed by atoms with Gasteiger partial charge >= 0.3 is 0 Å². The summed E-state index contributed by atoms with van der Waals surface area (Å²) in [7, 11) is 1.59. The maximum absolute atomic E-state index is 12.0. The highest BCUT2D eigenvalue weighted by molar-refractivity contribution is 5.88. The molecule has 1 aliphatic heterocycles. The van der Waals surface area contributed by atoms with E-state index in [1.807, 2.05) is 12.1 Å². The number of ether oxygens (including phenoxy) is 2. The van der Waals surface area contributed by atoms with Gasteiger partial charge in [-0.15, -0.1) is 0 Å². The van der Waals surface area contributed by atoms with Crippen LogP contribution in [-0.2, 0) is 20.7 Å². The van der Waals surface area contributed by atoms with E-state index in [-0.39, 0.29) is 5.91 Å². The van der Waals surface area contributed by atoms with Crippen molar-refractivity contribution in [2.24, 2.45) is 5.73 Å². The van der Waals surface area contributed by atoms with Crippen LogP contribution in [0.5, 0.6) is 5.75 Å². The van der Waals surface area contributed by atoms with E-state index < -0.39 is 18.1 Å². The van der Waals surface area contributed by atoms with E-state index in [1.165, 1.54) is 0 Å². The van der Waals surface area contributed by atoms with Crippen LogP contribution in [0.25, 0.3) is 0 Å². The Morgan fingerprint density at radius 2 is 2.14 bits per heavy atom. The molecule has 0 spiro atoms. The lowest BCUT2D eigenvalue weighted by Crippen LogP contribution is -2.49. The van der Waals surface area contributed by atoms with E-state index in [2.05, 4.69) is 5.32 Å². The third kappa shape index (κ3) is 4.19. The van der Waals surface area contributed by atoms with Crippen LogP contribution in [0.15, 0.2) is 24.3 Å². The number of rotatable bonds is 6. The minimum Gasteiger partial charge on any atom is -0.497 e. The topological polar surface area (TPSA) is 90.7 Å². The third-order valence-corrected chi connectivity index (χ3v) is 3.48. The molecule has 1 aromatic carbocycles. The van der Waals surface area contributed by atoms with Crippen LogP contribution in [0.1, 0.15) is 18.4 Å². The van der Waals surface area contributed by atoms with E-state index in [4.69, 9.17) is 15.2 Å². The summed E-state index contributed by atoms with van der Waals surface area (Å²) >= 11 is 0. The van der Waals surface area contributed by atoms with Gasteiger partial charge in [-0.25, -0.2) is 0 Å². The number of hydrogen-bond donors (Lipinski definition) is 2. The number of nitrogens with one attached hydrogen (secondary N) is 1. The van der Waals surface area contributed by atoms with Crippen molar-refractivity contribution in [1.82, 2.24) is 5.32 Å². The van der Waals surface area contributed by atoms with E-state index in [0.29, 0.717) is 19.4 Å². The zero-order chi connectivity index (χ0) is 15.2. The summed E-state index contributed by atoms with van der Waals surface area (Å²) in [4.78, 5) is 23.5. The van der Waals surface area contributed by atoms with Crippen molar-refractivity contribution in [2.75, 3.05) is 13.7 Å². The van der Waals surface area contributed by atoms with Crippen molar-refractivity contribution in [3.63, 3.8) is 0 Å². The summed E-state index contributed by atoms with van der Waals surface area (Å²) in [5.41, 5.74) is 6.26. The van der Waals surface area contributed by atoms with Crippen molar-refractivity contribution in [3.8, 4) is 5.75 Å². The molecule has 0 saturated carbocycles. The molecule has 0 aromatic heterocycles. The number of carbonyl (C=O) groups is 2. The molecule has 2 atom stereocenters. The summed E-state index contributed by atoms with van der Waals surface area (Å²) < 4.78 is 10.4. The first kappa shape index (κ1) is 15.3. The van der Waals surface area contributed by atoms with Crippen LogP contribution in [0.3, 0.4) is 0 Å². The second kappa shape index (κ2) is 7.08. The van der Waals surface area contributed by atoms with Gasteiger partial charge in [-0.1, -0.05) is 12.1 Å². The molecule has 114 valence electrons. The molecule has 21 heavy (non-hydrogen) atoms. The molecule has 2 rings (SSSR count). The molecular formula is C15H20N2O4. The van der Waals surface area contributed by atoms with Gasteiger partial charge in [0.05, 0.1) is 7.11 Å². The molecule has 0 bridgehead atoms. The molecule has 1 aliphatic rings. The summed E-state index contributed by atoms with van der Waals surface area (Å²) in [6.45, 7) is 0.581. The fourth-order valence-corrected chi connectivity index (χ4v) is 2.27. The van der Waals surface area contributed by atoms with Crippen molar-refractivity contribution < 1.29 is 19.1 Å². The van der Waals surface area contributed by atoms with Crippen LogP contribution in [0.4, 0.5) is 0 Å². The van der Waals surface area contributed by atoms with E-state index >= 15 is 0 Å². The first-order valence-electron chi connectivity index (χ1n) is 6.94. The van der Waals surface area contributed by atoms with Crippen molar-refractivity contribution in [1.29, 1.82) is 0 Å². The van der Waals surface area contributed by atoms with Gasteiger partial charge in [0.2, 0.25) is 11.8 Å².